The summed E-state index contributed by atoms with van der Waals surface area (Å²) < 4.78 is 4.12. The molecule has 0 aromatic carbocycles. The van der Waals surface area contributed by atoms with Crippen LogP contribution in [0.25, 0.3) is 0 Å². The van der Waals surface area contributed by atoms with E-state index in [9.17, 15) is 0 Å². The summed E-state index contributed by atoms with van der Waals surface area (Å²) in [6.07, 6.45) is 2.08. The van der Waals surface area contributed by atoms with Crippen molar-refractivity contribution in [3.63, 3.8) is 0 Å². The first-order valence-electron chi connectivity index (χ1n) is 2.36. The molecule has 0 radical (unpaired) electrons. The largest absolute Gasteiger partial charge is 0.294 e. The summed E-state index contributed by atoms with van der Waals surface area (Å²) in [5.74, 6) is 0. The lowest BCUT2D eigenvalue weighted by Crippen LogP contribution is -2.17. The van der Waals surface area contributed by atoms with Gasteiger partial charge in [-0.1, -0.05) is 0 Å². The molecule has 0 unspecified atom stereocenters. The van der Waals surface area contributed by atoms with Crippen molar-refractivity contribution in [1.82, 2.24) is 9.36 Å². The molecule has 0 atom stereocenters. The Morgan fingerprint density at radius 3 is 2.00 bits per heavy atom. The van der Waals surface area contributed by atoms with E-state index in [1.807, 2.05) is 18.8 Å². The smallest absolute Gasteiger partial charge is 0.0491 e. The zero-order valence-electron chi connectivity index (χ0n) is 4.97. The summed E-state index contributed by atoms with van der Waals surface area (Å²) in [5, 5.41) is 0. The predicted molar refractivity (Wildman–Crippen MR) is 29.1 cm³/mol. The topological polar surface area (TPSA) is 9.86 Å². The second-order valence-electron chi connectivity index (χ2n) is 1.87. The molecule has 40 valence electrons. The number of aromatic nitrogens is 2. The summed E-state index contributed by atoms with van der Waals surface area (Å²) in [6, 6.07) is 0. The van der Waals surface area contributed by atoms with Gasteiger partial charge in [0.1, 0.15) is 0 Å². The fraction of sp³-hybridized carbons (Fsp3) is 0.600. The Kier molecular flexibility index (Phi) is 0.741. The molecule has 0 spiro atoms. The van der Waals surface area contributed by atoms with E-state index in [4.69, 9.17) is 0 Å². The van der Waals surface area contributed by atoms with Gasteiger partial charge in [-0.2, -0.15) is 0 Å². The van der Waals surface area contributed by atoms with E-state index in [0.29, 0.717) is 0 Å². The van der Waals surface area contributed by atoms with Gasteiger partial charge in [0.15, 0.2) is 0 Å². The molecule has 1 heterocycles. The molecule has 0 aliphatic heterocycles. The van der Waals surface area contributed by atoms with Crippen LogP contribution in [0.1, 0.15) is 5.69 Å². The lowest BCUT2D eigenvalue weighted by atomic mass is 10.5. The van der Waals surface area contributed by atoms with Crippen molar-refractivity contribution in [2.24, 2.45) is 14.1 Å². The quantitative estimate of drug-likeness (QED) is 0.451. The Labute approximate surface area is 43.3 Å². The summed E-state index contributed by atoms with van der Waals surface area (Å²) in [4.78, 5) is 0. The second-order valence-corrected chi connectivity index (χ2v) is 1.87. The third-order valence-corrected chi connectivity index (χ3v) is 1.36. The monoisotopic (exact) mass is 98.1 g/mol. The van der Waals surface area contributed by atoms with Crippen molar-refractivity contribution in [3.8, 4) is 0 Å². The molecule has 2 nitrogen and oxygen atoms in total. The average Bonchev–Trinajstić information content (AvgIpc) is 1.68. The van der Waals surface area contributed by atoms with E-state index >= 15 is 0 Å². The summed E-state index contributed by atoms with van der Waals surface area (Å²) in [6.45, 7) is 2.08. The van der Waals surface area contributed by atoms with Crippen molar-refractivity contribution < 1.29 is 0 Å². The first-order valence-corrected chi connectivity index (χ1v) is 2.36. The van der Waals surface area contributed by atoms with Gasteiger partial charge in [0.05, 0.1) is 0 Å². The zero-order chi connectivity index (χ0) is 5.44. The van der Waals surface area contributed by atoms with Crippen LogP contribution in [-0.2, 0) is 14.1 Å². The summed E-state index contributed by atoms with van der Waals surface area (Å²) in [7, 11) is 4.06. The third-order valence-electron chi connectivity index (χ3n) is 1.36. The highest BCUT2D eigenvalue weighted by atomic mass is 15.4. The maximum absolute atomic E-state index is 2.08. The van der Waals surface area contributed by atoms with Crippen LogP contribution < -0.4 is 0 Å². The van der Waals surface area contributed by atoms with Gasteiger partial charge in [-0.05, 0) is 6.92 Å². The van der Waals surface area contributed by atoms with Gasteiger partial charge in [-0.3, -0.25) is 9.36 Å². The number of hydrogen-bond donors (Lipinski definition) is 0. The molecule has 0 aliphatic rings. The van der Waals surface area contributed by atoms with Gasteiger partial charge in [0, 0.05) is 26.0 Å². The maximum Gasteiger partial charge on any atom is 0.0491 e. The molecular weight excluding hydrogens is 88.1 g/mol. The Morgan fingerprint density at radius 1 is 1.43 bits per heavy atom. The van der Waals surface area contributed by atoms with Crippen LogP contribution in [0.5, 0.6) is 0 Å². The van der Waals surface area contributed by atoms with E-state index < -0.39 is 0 Å². The van der Waals surface area contributed by atoms with Gasteiger partial charge >= 0.3 is 0 Å². The molecule has 0 bridgehead atoms. The van der Waals surface area contributed by atoms with E-state index in [1.165, 1.54) is 5.69 Å². The number of rotatable bonds is 0. The Balaban J connectivity index is 2.92. The van der Waals surface area contributed by atoms with Crippen LogP contribution in [0.15, 0.2) is 6.20 Å². The van der Waals surface area contributed by atoms with Crippen molar-refractivity contribution in [1.29, 1.82) is 0 Å². The first kappa shape index (κ1) is 4.50. The molecule has 2 heteroatoms. The zero-order valence-corrected chi connectivity index (χ0v) is 4.97. The normalized spacial score (nSPS) is 10.1. The molecule has 7 heavy (non-hydrogen) atoms. The minimum absolute atomic E-state index is 1.32. The standard InChI is InChI=1S/C5H10N2/c1-5-4-6(2)7(5)3/h4H,1-3H3. The van der Waals surface area contributed by atoms with Gasteiger partial charge < -0.3 is 0 Å². The summed E-state index contributed by atoms with van der Waals surface area (Å²) >= 11 is 0. The van der Waals surface area contributed by atoms with Crippen molar-refractivity contribution in [3.05, 3.63) is 11.9 Å². The lowest BCUT2D eigenvalue weighted by Gasteiger charge is -2.16. The van der Waals surface area contributed by atoms with Gasteiger partial charge in [0.25, 0.3) is 0 Å². The van der Waals surface area contributed by atoms with Gasteiger partial charge in [0.2, 0.25) is 0 Å². The van der Waals surface area contributed by atoms with Crippen molar-refractivity contribution >= 4 is 0 Å². The SMILES string of the molecule is Cc1cn(C)n1C. The summed E-state index contributed by atoms with van der Waals surface area (Å²) in [5.41, 5.74) is 1.32. The van der Waals surface area contributed by atoms with E-state index in [1.54, 1.807) is 0 Å². The van der Waals surface area contributed by atoms with Crippen molar-refractivity contribution in [2.75, 3.05) is 0 Å². The minimum Gasteiger partial charge on any atom is -0.294 e. The second kappa shape index (κ2) is 1.15. The first-order chi connectivity index (χ1) is 3.22. The molecular formula is C5H10N2. The van der Waals surface area contributed by atoms with Gasteiger partial charge in [-0.25, -0.2) is 0 Å². The van der Waals surface area contributed by atoms with Crippen molar-refractivity contribution in [2.45, 2.75) is 6.92 Å². The minimum atomic E-state index is 1.32. The lowest BCUT2D eigenvalue weighted by molar-refractivity contribution is 0.502. The molecule has 0 saturated carbocycles. The fourth-order valence-electron chi connectivity index (χ4n) is 0.633. The number of hydrogen-bond acceptors (Lipinski definition) is 0. The van der Waals surface area contributed by atoms with Crippen LogP contribution in [0.4, 0.5) is 0 Å². The van der Waals surface area contributed by atoms with Crippen LogP contribution in [0.2, 0.25) is 0 Å². The van der Waals surface area contributed by atoms with Gasteiger partial charge in [-0.15, -0.1) is 0 Å². The van der Waals surface area contributed by atoms with E-state index in [-0.39, 0.29) is 0 Å². The van der Waals surface area contributed by atoms with Crippen LogP contribution >= 0.6 is 0 Å². The van der Waals surface area contributed by atoms with Crippen LogP contribution in [-0.4, -0.2) is 9.36 Å². The highest BCUT2D eigenvalue weighted by Crippen LogP contribution is 1.95. The van der Waals surface area contributed by atoms with E-state index in [2.05, 4.69) is 17.8 Å². The molecule has 1 aromatic rings. The molecule has 0 aliphatic carbocycles. The average molecular weight is 98.1 g/mol. The molecule has 0 amide bonds. The highest BCUT2D eigenvalue weighted by Gasteiger charge is 1.92. The Hall–Kier alpha value is -0.660. The Morgan fingerprint density at radius 2 is 2.00 bits per heavy atom. The molecule has 0 N–H and O–H groups in total. The molecule has 0 saturated heterocycles. The van der Waals surface area contributed by atoms with Crippen LogP contribution in [0.3, 0.4) is 0 Å². The third kappa shape index (κ3) is 0.463. The highest BCUT2D eigenvalue weighted by molar-refractivity contribution is 4.93. The molecule has 0 fully saturated rings. The van der Waals surface area contributed by atoms with Crippen LogP contribution in [0, 0.1) is 6.92 Å². The predicted octanol–water partition coefficient (Wildman–Crippen LogP) is 0.672. The molecule has 1 aromatic heterocycles. The fourth-order valence-corrected chi connectivity index (χ4v) is 0.633. The Bertz CT molecular complexity index is 145. The number of aryl methyl sites for hydroxylation is 2. The molecule has 1 rings (SSSR count). The maximum atomic E-state index is 2.08. The van der Waals surface area contributed by atoms with E-state index in [0.717, 1.165) is 0 Å². The number of nitrogens with zero attached hydrogens (tertiary/aromatic N) is 2.